The first-order valence-electron chi connectivity index (χ1n) is 5.03. The van der Waals surface area contributed by atoms with Gasteiger partial charge in [-0.1, -0.05) is 35.9 Å². The van der Waals surface area contributed by atoms with E-state index in [9.17, 15) is 4.79 Å². The van der Waals surface area contributed by atoms with Crippen molar-refractivity contribution in [1.82, 2.24) is 0 Å². The van der Waals surface area contributed by atoms with E-state index < -0.39 is 0 Å². The van der Waals surface area contributed by atoms with Gasteiger partial charge < -0.3 is 0 Å². The van der Waals surface area contributed by atoms with Gasteiger partial charge in [-0.25, -0.2) is 0 Å². The standard InChI is InChI=1S/C13H14O/c1-10-7-8-12(13(14)9-10)11-5-3-2-4-6-11/h2-6,9,12H,7-8H2,1H3/t12-/m1/s1. The molecule has 72 valence electrons. The average Bonchev–Trinajstić information content (AvgIpc) is 2.19. The van der Waals surface area contributed by atoms with Gasteiger partial charge in [-0.3, -0.25) is 4.79 Å². The summed E-state index contributed by atoms with van der Waals surface area (Å²) in [6.07, 6.45) is 3.80. The molecule has 1 heteroatoms. The van der Waals surface area contributed by atoms with E-state index in [1.807, 2.05) is 37.3 Å². The van der Waals surface area contributed by atoms with Crippen LogP contribution < -0.4 is 0 Å². The molecule has 0 saturated heterocycles. The van der Waals surface area contributed by atoms with Crippen molar-refractivity contribution in [1.29, 1.82) is 0 Å². The van der Waals surface area contributed by atoms with Gasteiger partial charge in [0.05, 0.1) is 0 Å². The zero-order chi connectivity index (χ0) is 9.97. The van der Waals surface area contributed by atoms with Crippen LogP contribution in [0.15, 0.2) is 42.0 Å². The van der Waals surface area contributed by atoms with E-state index in [1.165, 1.54) is 5.57 Å². The molecule has 0 spiro atoms. The normalized spacial score (nSPS) is 21.9. The van der Waals surface area contributed by atoms with E-state index in [1.54, 1.807) is 6.08 Å². The molecule has 1 nitrogen and oxygen atoms in total. The van der Waals surface area contributed by atoms with Crippen LogP contribution in [0.3, 0.4) is 0 Å². The zero-order valence-corrected chi connectivity index (χ0v) is 8.36. The number of carbonyl (C=O) groups is 1. The van der Waals surface area contributed by atoms with Crippen LogP contribution in [0.25, 0.3) is 0 Å². The number of ketones is 1. The topological polar surface area (TPSA) is 17.1 Å². The Morgan fingerprint density at radius 1 is 1.21 bits per heavy atom. The summed E-state index contributed by atoms with van der Waals surface area (Å²) < 4.78 is 0. The van der Waals surface area contributed by atoms with Crippen molar-refractivity contribution in [2.24, 2.45) is 0 Å². The third kappa shape index (κ3) is 1.77. The Labute approximate surface area is 84.5 Å². The molecule has 1 aromatic carbocycles. The quantitative estimate of drug-likeness (QED) is 0.658. The number of hydrogen-bond acceptors (Lipinski definition) is 1. The molecule has 0 aromatic heterocycles. The van der Waals surface area contributed by atoms with Gasteiger partial charge in [0.1, 0.15) is 0 Å². The Balaban J connectivity index is 2.26. The molecule has 0 aliphatic heterocycles. The summed E-state index contributed by atoms with van der Waals surface area (Å²) in [4.78, 5) is 11.7. The highest BCUT2D eigenvalue weighted by Gasteiger charge is 2.21. The van der Waals surface area contributed by atoms with Gasteiger partial charge in [-0.2, -0.15) is 0 Å². The van der Waals surface area contributed by atoms with Gasteiger partial charge in [0.15, 0.2) is 5.78 Å². The molecule has 14 heavy (non-hydrogen) atoms. The number of carbonyl (C=O) groups excluding carboxylic acids is 1. The molecule has 0 amide bonds. The summed E-state index contributed by atoms with van der Waals surface area (Å²) in [6, 6.07) is 10.0. The van der Waals surface area contributed by atoms with E-state index in [-0.39, 0.29) is 11.7 Å². The van der Waals surface area contributed by atoms with Crippen molar-refractivity contribution in [3.8, 4) is 0 Å². The lowest BCUT2D eigenvalue weighted by atomic mass is 9.84. The maximum absolute atomic E-state index is 11.7. The van der Waals surface area contributed by atoms with E-state index in [4.69, 9.17) is 0 Å². The Morgan fingerprint density at radius 3 is 2.57 bits per heavy atom. The van der Waals surface area contributed by atoms with Gasteiger partial charge in [0, 0.05) is 5.92 Å². The molecule has 0 fully saturated rings. The highest BCUT2D eigenvalue weighted by molar-refractivity contribution is 5.96. The summed E-state index contributed by atoms with van der Waals surface area (Å²) in [5.41, 5.74) is 2.36. The first kappa shape index (κ1) is 9.20. The van der Waals surface area contributed by atoms with Gasteiger partial charge in [-0.15, -0.1) is 0 Å². The minimum Gasteiger partial charge on any atom is -0.294 e. The van der Waals surface area contributed by atoms with Gasteiger partial charge in [0.25, 0.3) is 0 Å². The molecule has 0 heterocycles. The van der Waals surface area contributed by atoms with Crippen LogP contribution in [-0.4, -0.2) is 5.78 Å². The predicted molar refractivity (Wildman–Crippen MR) is 57.2 cm³/mol. The van der Waals surface area contributed by atoms with E-state index in [2.05, 4.69) is 0 Å². The fourth-order valence-electron chi connectivity index (χ4n) is 1.95. The summed E-state index contributed by atoms with van der Waals surface area (Å²) in [6.45, 7) is 2.03. The SMILES string of the molecule is CC1=CC(=O)[C@@H](c2ccccc2)CC1. The zero-order valence-electron chi connectivity index (χ0n) is 8.36. The first-order chi connectivity index (χ1) is 6.77. The maximum atomic E-state index is 11.7. The van der Waals surface area contributed by atoms with Crippen LogP contribution in [0, 0.1) is 0 Å². The average molecular weight is 186 g/mol. The summed E-state index contributed by atoms with van der Waals surface area (Å²) >= 11 is 0. The van der Waals surface area contributed by atoms with Crippen molar-refractivity contribution in [2.75, 3.05) is 0 Å². The second-order valence-electron chi connectivity index (χ2n) is 3.90. The molecular formula is C13H14O. The van der Waals surface area contributed by atoms with Crippen molar-refractivity contribution < 1.29 is 4.79 Å². The molecular weight excluding hydrogens is 172 g/mol. The summed E-state index contributed by atoms with van der Waals surface area (Å²) in [7, 11) is 0. The lowest BCUT2D eigenvalue weighted by molar-refractivity contribution is -0.116. The second-order valence-corrected chi connectivity index (χ2v) is 3.90. The van der Waals surface area contributed by atoms with E-state index in [0.29, 0.717) is 0 Å². The Kier molecular flexibility index (Phi) is 2.49. The molecule has 0 bridgehead atoms. The minimum absolute atomic E-state index is 0.0971. The molecule has 0 radical (unpaired) electrons. The summed E-state index contributed by atoms with van der Waals surface area (Å²) in [5.74, 6) is 0.361. The molecule has 0 unspecified atom stereocenters. The van der Waals surface area contributed by atoms with Crippen molar-refractivity contribution in [3.05, 3.63) is 47.5 Å². The van der Waals surface area contributed by atoms with E-state index >= 15 is 0 Å². The fraction of sp³-hybridized carbons (Fsp3) is 0.308. The molecule has 1 aromatic rings. The largest absolute Gasteiger partial charge is 0.294 e. The molecule has 1 atom stereocenters. The van der Waals surface area contributed by atoms with Crippen molar-refractivity contribution in [3.63, 3.8) is 0 Å². The molecule has 1 aliphatic rings. The summed E-state index contributed by atoms with van der Waals surface area (Å²) in [5, 5.41) is 0. The Morgan fingerprint density at radius 2 is 1.93 bits per heavy atom. The lowest BCUT2D eigenvalue weighted by Gasteiger charge is -2.19. The fourth-order valence-corrected chi connectivity index (χ4v) is 1.95. The molecule has 1 aliphatic carbocycles. The van der Waals surface area contributed by atoms with E-state index in [0.717, 1.165) is 18.4 Å². The molecule has 2 rings (SSSR count). The number of allylic oxidation sites excluding steroid dienone is 2. The van der Waals surface area contributed by atoms with Crippen molar-refractivity contribution >= 4 is 5.78 Å². The molecule has 0 N–H and O–H groups in total. The third-order valence-corrected chi connectivity index (χ3v) is 2.76. The van der Waals surface area contributed by atoms with Crippen LogP contribution in [0.2, 0.25) is 0 Å². The van der Waals surface area contributed by atoms with Gasteiger partial charge in [0.2, 0.25) is 0 Å². The number of rotatable bonds is 1. The number of hydrogen-bond donors (Lipinski definition) is 0. The van der Waals surface area contributed by atoms with Gasteiger partial charge >= 0.3 is 0 Å². The number of benzene rings is 1. The highest BCUT2D eigenvalue weighted by atomic mass is 16.1. The second kappa shape index (κ2) is 3.79. The van der Waals surface area contributed by atoms with Crippen LogP contribution in [-0.2, 0) is 4.79 Å². The first-order valence-corrected chi connectivity index (χ1v) is 5.03. The van der Waals surface area contributed by atoms with Crippen LogP contribution in [0.4, 0.5) is 0 Å². The minimum atomic E-state index is 0.0971. The van der Waals surface area contributed by atoms with Gasteiger partial charge in [-0.05, 0) is 31.4 Å². The van der Waals surface area contributed by atoms with Crippen LogP contribution in [0.5, 0.6) is 0 Å². The predicted octanol–water partition coefficient (Wildman–Crippen LogP) is 3.08. The van der Waals surface area contributed by atoms with Crippen LogP contribution in [0.1, 0.15) is 31.2 Å². The lowest BCUT2D eigenvalue weighted by Crippen LogP contribution is -2.14. The monoisotopic (exact) mass is 186 g/mol. The third-order valence-electron chi connectivity index (χ3n) is 2.76. The highest BCUT2D eigenvalue weighted by Crippen LogP contribution is 2.28. The molecule has 0 saturated carbocycles. The van der Waals surface area contributed by atoms with Crippen LogP contribution >= 0.6 is 0 Å². The maximum Gasteiger partial charge on any atom is 0.163 e. The smallest absolute Gasteiger partial charge is 0.163 e. The van der Waals surface area contributed by atoms with Crippen molar-refractivity contribution in [2.45, 2.75) is 25.7 Å². The Bertz CT molecular complexity index is 362. The Hall–Kier alpha value is -1.37.